The van der Waals surface area contributed by atoms with Crippen LogP contribution in [0, 0.1) is 6.92 Å². The highest BCUT2D eigenvalue weighted by atomic mass is 35.5. The third-order valence-electron chi connectivity index (χ3n) is 6.08. The van der Waals surface area contributed by atoms with Gasteiger partial charge in [0.15, 0.2) is 0 Å². The largest absolute Gasteiger partial charge is 0.494 e. The van der Waals surface area contributed by atoms with Crippen LogP contribution in [0.25, 0.3) is 0 Å². The Balaban J connectivity index is 1.35. The number of piperazine rings is 1. The van der Waals surface area contributed by atoms with E-state index in [0.717, 1.165) is 29.0 Å². The topological polar surface area (TPSA) is 61.9 Å². The van der Waals surface area contributed by atoms with E-state index in [4.69, 9.17) is 16.3 Å². The van der Waals surface area contributed by atoms with Crippen LogP contribution in [0.2, 0.25) is 5.02 Å². The van der Waals surface area contributed by atoms with E-state index in [1.807, 2.05) is 55.1 Å². The molecule has 1 aliphatic heterocycles. The normalized spacial score (nSPS) is 13.5. The van der Waals surface area contributed by atoms with E-state index in [1.54, 1.807) is 30.3 Å². The molecule has 0 spiro atoms. The van der Waals surface area contributed by atoms with E-state index in [-0.39, 0.29) is 11.8 Å². The number of nitrogens with zero attached hydrogens (tertiary/aromatic N) is 2. The van der Waals surface area contributed by atoms with Crippen molar-refractivity contribution in [2.75, 3.05) is 43.0 Å². The zero-order valence-corrected chi connectivity index (χ0v) is 20.8. The minimum Gasteiger partial charge on any atom is -0.494 e. The summed E-state index contributed by atoms with van der Waals surface area (Å²) in [6, 6.07) is 20.3. The first kappa shape index (κ1) is 24.6. The van der Waals surface area contributed by atoms with Crippen LogP contribution >= 0.6 is 11.6 Å². The maximum atomic E-state index is 12.9. The van der Waals surface area contributed by atoms with Gasteiger partial charge in [0, 0.05) is 43.0 Å². The van der Waals surface area contributed by atoms with Gasteiger partial charge in [0.1, 0.15) is 5.75 Å². The van der Waals surface area contributed by atoms with Crippen LogP contribution in [-0.2, 0) is 0 Å². The number of hydrogen-bond acceptors (Lipinski definition) is 4. The van der Waals surface area contributed by atoms with Crippen LogP contribution in [0.15, 0.2) is 66.7 Å². The van der Waals surface area contributed by atoms with E-state index < -0.39 is 0 Å². The van der Waals surface area contributed by atoms with Crippen LogP contribution in [0.1, 0.15) is 39.6 Å². The Hall–Kier alpha value is -3.51. The fourth-order valence-corrected chi connectivity index (χ4v) is 4.40. The molecule has 7 heteroatoms. The Labute approximate surface area is 211 Å². The molecule has 6 nitrogen and oxygen atoms in total. The van der Waals surface area contributed by atoms with Crippen molar-refractivity contribution >= 4 is 34.8 Å². The van der Waals surface area contributed by atoms with E-state index in [1.165, 1.54) is 0 Å². The van der Waals surface area contributed by atoms with Gasteiger partial charge in [-0.25, -0.2) is 0 Å². The molecule has 1 fully saturated rings. The van der Waals surface area contributed by atoms with Gasteiger partial charge >= 0.3 is 0 Å². The fourth-order valence-electron chi connectivity index (χ4n) is 4.10. The standard InChI is InChI=1S/C28H30ClN3O3/c1-3-18-35-23-11-8-21(9-12-23)27(33)30-22-10-13-26(25(29)19-22)31-14-16-32(17-15-31)28(34)24-7-5-4-6-20(24)2/h4-13,19H,3,14-18H2,1-2H3,(H,30,33). The van der Waals surface area contributed by atoms with Crippen molar-refractivity contribution in [3.05, 3.63) is 88.4 Å². The Morgan fingerprint density at radius 1 is 0.971 bits per heavy atom. The van der Waals surface area contributed by atoms with Gasteiger partial charge in [-0.05, 0) is 67.4 Å². The number of hydrogen-bond donors (Lipinski definition) is 1. The number of carbonyl (C=O) groups is 2. The Morgan fingerprint density at radius 3 is 2.34 bits per heavy atom. The van der Waals surface area contributed by atoms with Crippen LogP contribution in [0.3, 0.4) is 0 Å². The maximum Gasteiger partial charge on any atom is 0.255 e. The molecule has 1 N–H and O–H groups in total. The first-order chi connectivity index (χ1) is 17.0. The summed E-state index contributed by atoms with van der Waals surface area (Å²) < 4.78 is 5.57. The average Bonchev–Trinajstić information content (AvgIpc) is 2.88. The number of amides is 2. The molecule has 1 heterocycles. The second kappa shape index (κ2) is 11.3. The Bertz CT molecular complexity index is 1190. The highest BCUT2D eigenvalue weighted by Gasteiger charge is 2.24. The molecule has 35 heavy (non-hydrogen) atoms. The quantitative estimate of drug-likeness (QED) is 0.463. The smallest absolute Gasteiger partial charge is 0.255 e. The number of aryl methyl sites for hydroxylation is 1. The van der Waals surface area contributed by atoms with Crippen molar-refractivity contribution in [3.8, 4) is 5.75 Å². The molecule has 3 aromatic carbocycles. The molecule has 2 amide bonds. The van der Waals surface area contributed by atoms with Gasteiger partial charge in [-0.15, -0.1) is 0 Å². The predicted molar refractivity (Wildman–Crippen MR) is 141 cm³/mol. The monoisotopic (exact) mass is 491 g/mol. The molecule has 0 atom stereocenters. The van der Waals surface area contributed by atoms with Gasteiger partial charge in [-0.3, -0.25) is 9.59 Å². The summed E-state index contributed by atoms with van der Waals surface area (Å²) in [6.07, 6.45) is 0.931. The first-order valence-electron chi connectivity index (χ1n) is 11.9. The second-order valence-corrected chi connectivity index (χ2v) is 8.99. The lowest BCUT2D eigenvalue weighted by Gasteiger charge is -2.36. The van der Waals surface area contributed by atoms with Crippen LogP contribution in [-0.4, -0.2) is 49.5 Å². The first-order valence-corrected chi connectivity index (χ1v) is 12.3. The lowest BCUT2D eigenvalue weighted by atomic mass is 10.1. The van der Waals surface area contributed by atoms with Crippen LogP contribution in [0.5, 0.6) is 5.75 Å². The zero-order chi connectivity index (χ0) is 24.8. The summed E-state index contributed by atoms with van der Waals surface area (Å²) in [6.45, 7) is 7.28. The van der Waals surface area contributed by atoms with E-state index in [9.17, 15) is 9.59 Å². The van der Waals surface area contributed by atoms with Crippen molar-refractivity contribution in [3.63, 3.8) is 0 Å². The van der Waals surface area contributed by atoms with Gasteiger partial charge in [-0.1, -0.05) is 36.7 Å². The van der Waals surface area contributed by atoms with Crippen molar-refractivity contribution in [2.24, 2.45) is 0 Å². The summed E-state index contributed by atoms with van der Waals surface area (Å²) in [7, 11) is 0. The summed E-state index contributed by atoms with van der Waals surface area (Å²) in [5, 5.41) is 3.46. The number of benzene rings is 3. The maximum absolute atomic E-state index is 12.9. The molecule has 0 aromatic heterocycles. The summed E-state index contributed by atoms with van der Waals surface area (Å²) in [5.74, 6) is 0.604. The number of anilines is 2. The third kappa shape index (κ3) is 5.95. The lowest BCUT2D eigenvalue weighted by Crippen LogP contribution is -2.49. The average molecular weight is 492 g/mol. The molecular weight excluding hydrogens is 462 g/mol. The number of ether oxygens (including phenoxy) is 1. The van der Waals surface area contributed by atoms with Crippen molar-refractivity contribution in [1.82, 2.24) is 4.90 Å². The van der Waals surface area contributed by atoms with Crippen molar-refractivity contribution in [1.29, 1.82) is 0 Å². The molecule has 0 aliphatic carbocycles. The van der Waals surface area contributed by atoms with Gasteiger partial charge < -0.3 is 19.9 Å². The molecular formula is C28H30ClN3O3. The molecule has 0 saturated carbocycles. The molecule has 182 valence electrons. The van der Waals surface area contributed by atoms with Gasteiger partial charge in [-0.2, -0.15) is 0 Å². The summed E-state index contributed by atoms with van der Waals surface area (Å²) >= 11 is 6.59. The molecule has 0 bridgehead atoms. The van der Waals surface area contributed by atoms with Gasteiger partial charge in [0.2, 0.25) is 0 Å². The van der Waals surface area contributed by atoms with Gasteiger partial charge in [0.05, 0.1) is 17.3 Å². The van der Waals surface area contributed by atoms with Crippen molar-refractivity contribution < 1.29 is 14.3 Å². The number of rotatable bonds is 7. The Kier molecular flexibility index (Phi) is 7.93. The highest BCUT2D eigenvalue weighted by molar-refractivity contribution is 6.33. The number of nitrogens with one attached hydrogen (secondary N) is 1. The third-order valence-corrected chi connectivity index (χ3v) is 6.38. The summed E-state index contributed by atoms with van der Waals surface area (Å²) in [4.78, 5) is 29.6. The lowest BCUT2D eigenvalue weighted by molar-refractivity contribution is 0.0746. The fraction of sp³-hybridized carbons (Fsp3) is 0.286. The molecule has 1 aliphatic rings. The van der Waals surface area contributed by atoms with Crippen LogP contribution in [0.4, 0.5) is 11.4 Å². The number of carbonyl (C=O) groups excluding carboxylic acids is 2. The van der Waals surface area contributed by atoms with E-state index in [2.05, 4.69) is 10.2 Å². The number of halogens is 1. The van der Waals surface area contributed by atoms with E-state index >= 15 is 0 Å². The summed E-state index contributed by atoms with van der Waals surface area (Å²) in [5.41, 5.74) is 3.81. The second-order valence-electron chi connectivity index (χ2n) is 8.59. The minimum absolute atomic E-state index is 0.0665. The van der Waals surface area contributed by atoms with Crippen molar-refractivity contribution in [2.45, 2.75) is 20.3 Å². The molecule has 4 rings (SSSR count). The molecule has 3 aromatic rings. The Morgan fingerprint density at radius 2 is 1.69 bits per heavy atom. The highest BCUT2D eigenvalue weighted by Crippen LogP contribution is 2.30. The predicted octanol–water partition coefficient (Wildman–Crippen LogP) is 5.65. The van der Waals surface area contributed by atoms with E-state index in [0.29, 0.717) is 49.1 Å². The van der Waals surface area contributed by atoms with Gasteiger partial charge in [0.25, 0.3) is 11.8 Å². The molecule has 0 unspecified atom stereocenters. The minimum atomic E-state index is -0.209. The van der Waals surface area contributed by atoms with Crippen LogP contribution < -0.4 is 15.0 Å². The zero-order valence-electron chi connectivity index (χ0n) is 20.1. The molecule has 0 radical (unpaired) electrons. The SMILES string of the molecule is CCCOc1ccc(C(=O)Nc2ccc(N3CCN(C(=O)c4ccccc4C)CC3)c(Cl)c2)cc1. The molecule has 1 saturated heterocycles.